The predicted octanol–water partition coefficient (Wildman–Crippen LogP) is 2.73. The molecule has 3 amide bonds. The number of aromatic nitrogens is 1. The summed E-state index contributed by atoms with van der Waals surface area (Å²) in [5.41, 5.74) is 1.35. The number of amides is 3. The van der Waals surface area contributed by atoms with Gasteiger partial charge in [-0.1, -0.05) is 17.4 Å². The van der Waals surface area contributed by atoms with Gasteiger partial charge in [-0.25, -0.2) is 0 Å². The molecule has 7 atom stereocenters. The van der Waals surface area contributed by atoms with Crippen molar-refractivity contribution in [1.82, 2.24) is 9.88 Å². The summed E-state index contributed by atoms with van der Waals surface area (Å²) >= 11 is 2.67. The number of rotatable bonds is 8. The van der Waals surface area contributed by atoms with Crippen LogP contribution in [0.25, 0.3) is 0 Å². The summed E-state index contributed by atoms with van der Waals surface area (Å²) in [7, 11) is 1.49. The third-order valence-corrected chi connectivity index (χ3v) is 11.8. The van der Waals surface area contributed by atoms with E-state index in [-0.39, 0.29) is 46.2 Å². The number of aliphatic carboxylic acids is 1. The number of thiazole rings is 1. The molecular weight excluding hydrogens is 610 g/mol. The van der Waals surface area contributed by atoms with Crippen LogP contribution < -0.4 is 19.7 Å². The Morgan fingerprint density at radius 2 is 1.77 bits per heavy atom. The number of carboxylic acid groups (broad SMARTS) is 1. The van der Waals surface area contributed by atoms with E-state index in [4.69, 9.17) is 9.47 Å². The van der Waals surface area contributed by atoms with Gasteiger partial charge in [0.05, 0.1) is 24.0 Å². The zero-order valence-corrected chi connectivity index (χ0v) is 24.9. The number of nitrogens with one attached hydrogen (secondary N) is 2. The number of nitrogens with zero attached hydrogens (tertiary/aromatic N) is 1. The van der Waals surface area contributed by atoms with Gasteiger partial charge < -0.3 is 30.0 Å². The molecule has 2 aliphatic carbocycles. The zero-order valence-electron chi connectivity index (χ0n) is 23.2. The second-order valence-corrected chi connectivity index (χ2v) is 13.6. The maximum atomic E-state index is 13.4. The van der Waals surface area contributed by atoms with Gasteiger partial charge in [-0.3, -0.25) is 28.9 Å². The van der Waals surface area contributed by atoms with E-state index in [1.165, 1.54) is 19.2 Å². The average molecular weight is 638 g/mol. The van der Waals surface area contributed by atoms with Crippen molar-refractivity contribution in [2.24, 2.45) is 29.6 Å². The minimum absolute atomic E-state index is 0.0453. The van der Waals surface area contributed by atoms with Crippen LogP contribution in [0.1, 0.15) is 22.8 Å². The number of carboxylic acids is 1. The van der Waals surface area contributed by atoms with Gasteiger partial charge in [0.1, 0.15) is 12.3 Å². The van der Waals surface area contributed by atoms with Crippen molar-refractivity contribution in [3.05, 3.63) is 62.6 Å². The molecule has 2 bridgehead atoms. The maximum Gasteiger partial charge on any atom is 0.323 e. The molecule has 3 aromatic rings. The number of hydrogen-bond donors (Lipinski definition) is 4. The minimum Gasteiger partial charge on any atom is -0.508 e. The lowest BCUT2D eigenvalue weighted by Gasteiger charge is -2.43. The molecule has 1 aromatic heterocycles. The Hall–Kier alpha value is -4.30. The molecule has 44 heavy (non-hydrogen) atoms. The quantitative estimate of drug-likeness (QED) is 0.212. The van der Waals surface area contributed by atoms with E-state index >= 15 is 0 Å². The smallest absolute Gasteiger partial charge is 0.323 e. The van der Waals surface area contributed by atoms with Gasteiger partial charge in [0.2, 0.25) is 11.8 Å². The first-order chi connectivity index (χ1) is 21.1. The van der Waals surface area contributed by atoms with E-state index in [9.17, 15) is 34.2 Å². The van der Waals surface area contributed by atoms with Crippen molar-refractivity contribution < 1.29 is 38.9 Å². The Bertz CT molecular complexity index is 1750. The highest BCUT2D eigenvalue weighted by molar-refractivity contribution is 8.00. The fraction of sp³-hybridized carbons (Fsp3) is 0.367. The van der Waals surface area contributed by atoms with Crippen LogP contribution >= 0.6 is 23.1 Å². The first kappa shape index (κ1) is 28.5. The van der Waals surface area contributed by atoms with Crippen molar-refractivity contribution in [2.45, 2.75) is 22.6 Å². The number of carbonyl (C=O) groups excluding carboxylic acids is 3. The molecule has 4 aliphatic rings. The Balaban J connectivity index is 1.17. The maximum absolute atomic E-state index is 13.4. The average Bonchev–Trinajstić information content (AvgIpc) is 3.73. The minimum atomic E-state index is -1.23. The van der Waals surface area contributed by atoms with Gasteiger partial charge in [0.25, 0.3) is 5.91 Å². The summed E-state index contributed by atoms with van der Waals surface area (Å²) in [5, 5.41) is 22.1. The van der Waals surface area contributed by atoms with Crippen LogP contribution in [0.3, 0.4) is 0 Å². The fourth-order valence-corrected chi connectivity index (χ4v) is 10.5. The summed E-state index contributed by atoms with van der Waals surface area (Å²) in [6.45, 7) is -0.928. The number of benzene rings is 2. The molecule has 4 N–H and O–H groups in total. The Morgan fingerprint density at radius 3 is 2.48 bits per heavy atom. The van der Waals surface area contributed by atoms with Gasteiger partial charge in [-0.2, -0.15) is 0 Å². The van der Waals surface area contributed by atoms with Crippen LogP contribution in [0.4, 0.5) is 5.69 Å². The molecule has 3 fully saturated rings. The molecule has 228 valence electrons. The van der Waals surface area contributed by atoms with Crippen molar-refractivity contribution >= 4 is 52.5 Å². The molecule has 0 radical (unpaired) electrons. The molecule has 2 aliphatic heterocycles. The van der Waals surface area contributed by atoms with Gasteiger partial charge in [-0.15, -0.1) is 11.8 Å². The number of methoxy groups -OCH3 is 1. The molecule has 14 heteroatoms. The summed E-state index contributed by atoms with van der Waals surface area (Å²) in [5.74, 6) is -3.39. The molecule has 12 nitrogen and oxygen atoms in total. The third-order valence-electron chi connectivity index (χ3n) is 9.17. The van der Waals surface area contributed by atoms with E-state index in [2.05, 4.69) is 10.3 Å². The number of anilines is 1. The number of phenols is 1. The number of aromatic hydroxyl groups is 1. The number of likely N-dealkylation sites (tertiary alicyclic amines) is 1. The van der Waals surface area contributed by atoms with Crippen LogP contribution in [-0.2, 0) is 19.2 Å². The van der Waals surface area contributed by atoms with Gasteiger partial charge >= 0.3 is 10.8 Å². The molecule has 0 spiro atoms. The van der Waals surface area contributed by atoms with E-state index < -0.39 is 42.1 Å². The van der Waals surface area contributed by atoms with Crippen molar-refractivity contribution in [3.8, 4) is 17.2 Å². The second-order valence-electron chi connectivity index (χ2n) is 11.4. The van der Waals surface area contributed by atoms with Gasteiger partial charge in [0, 0.05) is 21.7 Å². The number of hydrogen-bond acceptors (Lipinski definition) is 10. The number of carbonyl (C=O) groups is 4. The van der Waals surface area contributed by atoms with Crippen LogP contribution in [-0.4, -0.2) is 69.3 Å². The van der Waals surface area contributed by atoms with Gasteiger partial charge in [-0.05, 0) is 66.1 Å². The molecule has 1 saturated heterocycles. The van der Waals surface area contributed by atoms with E-state index in [0.717, 1.165) is 31.7 Å². The molecule has 2 aromatic carbocycles. The molecule has 7 rings (SSSR count). The highest BCUT2D eigenvalue weighted by Crippen LogP contribution is 2.68. The van der Waals surface area contributed by atoms with Crippen molar-refractivity contribution in [2.75, 3.05) is 25.6 Å². The van der Waals surface area contributed by atoms with Crippen LogP contribution in [0.5, 0.6) is 17.2 Å². The summed E-state index contributed by atoms with van der Waals surface area (Å²) in [6, 6.07) is 11.5. The first-order valence-corrected chi connectivity index (χ1v) is 15.7. The number of phenolic OH excluding ortho intramolecular Hbond substituents is 1. The standard InChI is InChI=1S/C30H27N3O9S2/c1-41-18-8-12(2-7-17(18)42-11-19(35)31-13-3-5-14(34)6-4-13)21-22-15-9-16(25(22)43-27-26(21)44-30(40)32-27)24-23(15)28(38)33(29(24)39)10-20(36)37/h2-8,15-16,21-25,34H,9-11H2,1H3,(H,31,35)(H,32,40)(H,36,37)/t15?,16?,21-,22?,23?,24?,25?/m1/s1. The third kappa shape index (κ3) is 4.54. The Labute approximate surface area is 258 Å². The topological polar surface area (TPSA) is 175 Å². The fourth-order valence-electron chi connectivity index (χ4n) is 7.62. The number of fused-ring (bicyclic) bond motifs is 9. The number of aromatic amines is 1. The monoisotopic (exact) mass is 637 g/mol. The van der Waals surface area contributed by atoms with Crippen molar-refractivity contribution in [1.29, 1.82) is 0 Å². The summed E-state index contributed by atoms with van der Waals surface area (Å²) in [4.78, 5) is 67.6. The highest BCUT2D eigenvalue weighted by Gasteiger charge is 2.69. The summed E-state index contributed by atoms with van der Waals surface area (Å²) in [6.07, 6.45) is 0.681. The number of H-pyrrole nitrogens is 1. The van der Waals surface area contributed by atoms with E-state index in [1.54, 1.807) is 30.0 Å². The molecule has 3 heterocycles. The van der Waals surface area contributed by atoms with Crippen molar-refractivity contribution in [3.63, 3.8) is 0 Å². The predicted molar refractivity (Wildman–Crippen MR) is 158 cm³/mol. The Kier molecular flexibility index (Phi) is 6.92. The number of ether oxygens (including phenoxy) is 2. The lowest BCUT2D eigenvalue weighted by molar-refractivity contribution is -0.149. The lowest BCUT2D eigenvalue weighted by atomic mass is 9.68. The zero-order chi connectivity index (χ0) is 30.9. The Morgan fingerprint density at radius 1 is 1.05 bits per heavy atom. The molecule has 6 unspecified atom stereocenters. The first-order valence-electron chi connectivity index (χ1n) is 14.0. The van der Waals surface area contributed by atoms with Gasteiger partial charge in [0.15, 0.2) is 18.1 Å². The van der Waals surface area contributed by atoms with Crippen LogP contribution in [0.2, 0.25) is 0 Å². The lowest BCUT2D eigenvalue weighted by Crippen LogP contribution is -2.42. The second kappa shape index (κ2) is 10.7. The number of imide groups is 1. The molecule has 2 saturated carbocycles. The summed E-state index contributed by atoms with van der Waals surface area (Å²) < 4.78 is 11.4. The van der Waals surface area contributed by atoms with Crippen LogP contribution in [0.15, 0.2) is 52.3 Å². The number of thioether (sulfide) groups is 1. The highest BCUT2D eigenvalue weighted by atomic mass is 32.2. The normalized spacial score (nSPS) is 27.9. The van der Waals surface area contributed by atoms with E-state index in [0.29, 0.717) is 23.6 Å². The SMILES string of the molecule is COc1cc([C@H]2c3sc(=O)[nH]c3SC3C4CC(C5C(=O)N(CC(=O)O)C(=O)C45)C32)ccc1OCC(=O)Nc1ccc(O)cc1. The largest absolute Gasteiger partial charge is 0.508 e. The van der Waals surface area contributed by atoms with E-state index in [1.807, 2.05) is 12.1 Å². The molecular formula is C30H27N3O9S2. The van der Waals surface area contributed by atoms with Crippen LogP contribution in [0, 0.1) is 29.6 Å².